The number of benzene rings is 2. The zero-order valence-electron chi connectivity index (χ0n) is 15.9. The van der Waals surface area contributed by atoms with E-state index in [9.17, 15) is 9.59 Å². The maximum atomic E-state index is 12.8. The summed E-state index contributed by atoms with van der Waals surface area (Å²) in [5.41, 5.74) is 2.41. The van der Waals surface area contributed by atoms with Crippen molar-refractivity contribution in [3.8, 4) is 16.3 Å². The second kappa shape index (κ2) is 7.84. The average molecular weight is 406 g/mol. The molecule has 146 valence electrons. The first-order valence-corrected chi connectivity index (χ1v) is 9.86. The van der Waals surface area contributed by atoms with Crippen LogP contribution in [-0.4, -0.2) is 27.5 Å². The van der Waals surface area contributed by atoms with Gasteiger partial charge in [0, 0.05) is 11.3 Å². The molecule has 0 spiro atoms. The Morgan fingerprint density at radius 2 is 2.00 bits per heavy atom. The molecule has 1 amide bonds. The van der Waals surface area contributed by atoms with Crippen molar-refractivity contribution in [2.45, 2.75) is 13.8 Å². The molecule has 4 aromatic rings. The van der Waals surface area contributed by atoms with Gasteiger partial charge in [-0.05, 0) is 56.3 Å². The van der Waals surface area contributed by atoms with E-state index in [1.807, 2.05) is 31.2 Å². The molecule has 0 fully saturated rings. The lowest BCUT2D eigenvalue weighted by Crippen LogP contribution is -2.12. The molecule has 0 saturated carbocycles. The van der Waals surface area contributed by atoms with Crippen LogP contribution in [0.25, 0.3) is 21.5 Å². The van der Waals surface area contributed by atoms with Gasteiger partial charge in [-0.2, -0.15) is 0 Å². The number of nitrogens with one attached hydrogen (secondary N) is 2. The summed E-state index contributed by atoms with van der Waals surface area (Å²) < 4.78 is 5.46. The molecule has 0 saturated heterocycles. The van der Waals surface area contributed by atoms with E-state index in [1.165, 1.54) is 17.7 Å². The highest BCUT2D eigenvalue weighted by atomic mass is 32.1. The number of hydrogen-bond donors (Lipinski definition) is 2. The number of ether oxygens (including phenoxy) is 1. The minimum atomic E-state index is -0.267. The molecule has 0 radical (unpaired) electrons. The molecule has 29 heavy (non-hydrogen) atoms. The molecule has 2 N–H and O–H groups in total. The summed E-state index contributed by atoms with van der Waals surface area (Å²) in [6, 6.07) is 12.7. The van der Waals surface area contributed by atoms with Crippen LogP contribution in [0, 0.1) is 6.92 Å². The molecule has 0 bridgehead atoms. The van der Waals surface area contributed by atoms with Gasteiger partial charge in [-0.15, -0.1) is 11.3 Å². The molecule has 0 unspecified atom stereocenters. The molecular weight excluding hydrogens is 388 g/mol. The Labute approximate surface area is 170 Å². The zero-order chi connectivity index (χ0) is 20.4. The predicted octanol–water partition coefficient (Wildman–Crippen LogP) is 4.01. The maximum absolute atomic E-state index is 12.8. The van der Waals surface area contributed by atoms with Gasteiger partial charge in [-0.25, -0.2) is 9.97 Å². The van der Waals surface area contributed by atoms with Gasteiger partial charge in [0.05, 0.1) is 29.5 Å². The Hall–Kier alpha value is -3.52. The third-order valence-corrected chi connectivity index (χ3v) is 5.52. The van der Waals surface area contributed by atoms with Gasteiger partial charge in [-0.1, -0.05) is 0 Å². The predicted molar refractivity (Wildman–Crippen MR) is 114 cm³/mol. The normalized spacial score (nSPS) is 10.8. The molecular formula is C21H18N4O3S. The van der Waals surface area contributed by atoms with Crippen LogP contribution in [0.15, 0.2) is 53.6 Å². The van der Waals surface area contributed by atoms with Crippen molar-refractivity contribution in [2.24, 2.45) is 0 Å². The van der Waals surface area contributed by atoms with Gasteiger partial charge in [0.15, 0.2) is 0 Å². The van der Waals surface area contributed by atoms with Crippen LogP contribution in [0.3, 0.4) is 0 Å². The zero-order valence-corrected chi connectivity index (χ0v) is 16.7. The molecule has 2 aromatic heterocycles. The molecule has 0 aliphatic heterocycles. The summed E-state index contributed by atoms with van der Waals surface area (Å²) in [5.74, 6) is 0.528. The van der Waals surface area contributed by atoms with E-state index < -0.39 is 0 Å². The Balaban J connectivity index is 1.58. The summed E-state index contributed by atoms with van der Waals surface area (Å²) in [6.45, 7) is 4.35. The highest BCUT2D eigenvalue weighted by Crippen LogP contribution is 2.30. The number of thiazole rings is 1. The van der Waals surface area contributed by atoms with Crippen molar-refractivity contribution in [3.05, 3.63) is 69.7 Å². The fourth-order valence-electron chi connectivity index (χ4n) is 2.93. The van der Waals surface area contributed by atoms with Crippen LogP contribution in [-0.2, 0) is 0 Å². The average Bonchev–Trinajstić information content (AvgIpc) is 3.11. The van der Waals surface area contributed by atoms with E-state index >= 15 is 0 Å². The minimum absolute atomic E-state index is 0.252. The molecule has 4 rings (SSSR count). The Bertz CT molecular complexity index is 1250. The van der Waals surface area contributed by atoms with E-state index in [1.54, 1.807) is 25.1 Å². The van der Waals surface area contributed by atoms with Gasteiger partial charge >= 0.3 is 0 Å². The summed E-state index contributed by atoms with van der Waals surface area (Å²) >= 11 is 1.32. The van der Waals surface area contributed by atoms with Gasteiger partial charge in [0.25, 0.3) is 11.5 Å². The summed E-state index contributed by atoms with van der Waals surface area (Å²) in [6.07, 6.45) is 1.35. The Morgan fingerprint density at radius 1 is 1.21 bits per heavy atom. The largest absolute Gasteiger partial charge is 0.494 e. The molecule has 0 aliphatic carbocycles. The minimum Gasteiger partial charge on any atom is -0.494 e. The molecule has 7 nitrogen and oxygen atoms in total. The first-order chi connectivity index (χ1) is 14.0. The molecule has 8 heteroatoms. The van der Waals surface area contributed by atoms with Crippen molar-refractivity contribution >= 4 is 33.8 Å². The van der Waals surface area contributed by atoms with Crippen LogP contribution in [0.5, 0.6) is 5.75 Å². The number of anilines is 1. The molecule has 2 heterocycles. The third kappa shape index (κ3) is 3.88. The van der Waals surface area contributed by atoms with E-state index in [-0.39, 0.29) is 11.5 Å². The Morgan fingerprint density at radius 3 is 2.76 bits per heavy atom. The van der Waals surface area contributed by atoms with Crippen LogP contribution >= 0.6 is 11.3 Å². The highest BCUT2D eigenvalue weighted by Gasteiger charge is 2.17. The lowest BCUT2D eigenvalue weighted by molar-refractivity contribution is 0.103. The van der Waals surface area contributed by atoms with Crippen molar-refractivity contribution in [1.29, 1.82) is 0 Å². The maximum Gasteiger partial charge on any atom is 0.267 e. The van der Waals surface area contributed by atoms with Gasteiger partial charge < -0.3 is 15.0 Å². The van der Waals surface area contributed by atoms with Crippen LogP contribution in [0.4, 0.5) is 5.69 Å². The molecule has 0 aliphatic rings. The number of aryl methyl sites for hydroxylation is 1. The number of hydrogen-bond acceptors (Lipinski definition) is 6. The molecule has 2 aromatic carbocycles. The first kappa shape index (κ1) is 18.8. The van der Waals surface area contributed by atoms with Crippen LogP contribution < -0.4 is 15.6 Å². The molecule has 0 atom stereocenters. The quantitative estimate of drug-likeness (QED) is 0.522. The van der Waals surface area contributed by atoms with Crippen LogP contribution in [0.2, 0.25) is 0 Å². The Kier molecular flexibility index (Phi) is 5.09. The lowest BCUT2D eigenvalue weighted by Gasteiger charge is -2.05. The van der Waals surface area contributed by atoms with E-state index in [0.29, 0.717) is 33.8 Å². The number of aromatic nitrogens is 3. The third-order valence-electron chi connectivity index (χ3n) is 4.31. The summed E-state index contributed by atoms with van der Waals surface area (Å²) in [4.78, 5) is 36.4. The van der Waals surface area contributed by atoms with Gasteiger partial charge in [0.1, 0.15) is 15.6 Å². The smallest absolute Gasteiger partial charge is 0.267 e. The SMILES string of the molecule is CCOc1ccc(-c2nc(C)c(C(=O)Nc3ccc4nc[nH]c(=O)c4c3)s2)cc1. The summed E-state index contributed by atoms with van der Waals surface area (Å²) in [7, 11) is 0. The van der Waals surface area contributed by atoms with Gasteiger partial charge in [-0.3, -0.25) is 9.59 Å². The van der Waals surface area contributed by atoms with E-state index in [0.717, 1.165) is 16.3 Å². The summed E-state index contributed by atoms with van der Waals surface area (Å²) in [5, 5.41) is 4.02. The van der Waals surface area contributed by atoms with Crippen molar-refractivity contribution in [1.82, 2.24) is 15.0 Å². The second-order valence-corrected chi connectivity index (χ2v) is 7.31. The number of fused-ring (bicyclic) bond motifs is 1. The van der Waals surface area contributed by atoms with Crippen molar-refractivity contribution in [2.75, 3.05) is 11.9 Å². The number of carbonyl (C=O) groups excluding carboxylic acids is 1. The lowest BCUT2D eigenvalue weighted by atomic mass is 10.2. The first-order valence-electron chi connectivity index (χ1n) is 9.04. The standard InChI is InChI=1S/C21H18N4O3S/c1-3-28-15-7-4-13(5-8-15)21-24-12(2)18(29-21)20(27)25-14-6-9-17-16(10-14)19(26)23-11-22-17/h4-11H,3H2,1-2H3,(H,25,27)(H,22,23,26). The highest BCUT2D eigenvalue weighted by molar-refractivity contribution is 7.17. The van der Waals surface area contributed by atoms with Crippen molar-refractivity contribution < 1.29 is 9.53 Å². The van der Waals surface area contributed by atoms with E-state index in [2.05, 4.69) is 20.3 Å². The van der Waals surface area contributed by atoms with Gasteiger partial charge in [0.2, 0.25) is 0 Å². The topological polar surface area (TPSA) is 97.0 Å². The number of carbonyl (C=O) groups is 1. The number of amides is 1. The number of aromatic amines is 1. The monoisotopic (exact) mass is 406 g/mol. The number of rotatable bonds is 5. The fourth-order valence-corrected chi connectivity index (χ4v) is 3.89. The fraction of sp³-hybridized carbons (Fsp3) is 0.143. The second-order valence-electron chi connectivity index (χ2n) is 6.31. The number of H-pyrrole nitrogens is 1. The van der Waals surface area contributed by atoms with Crippen molar-refractivity contribution in [3.63, 3.8) is 0 Å². The van der Waals surface area contributed by atoms with E-state index in [4.69, 9.17) is 4.74 Å². The number of nitrogens with zero attached hydrogens (tertiary/aromatic N) is 2. The van der Waals surface area contributed by atoms with Crippen LogP contribution in [0.1, 0.15) is 22.3 Å².